The number of nitrogens with zero attached hydrogens (tertiary/aromatic N) is 2. The lowest BCUT2D eigenvalue weighted by molar-refractivity contribution is -0.123. The second kappa shape index (κ2) is 8.24. The van der Waals surface area contributed by atoms with Crippen molar-refractivity contribution < 1.29 is 19.0 Å². The summed E-state index contributed by atoms with van der Waals surface area (Å²) in [5.41, 5.74) is 1.64. The van der Waals surface area contributed by atoms with Gasteiger partial charge in [0.05, 0.1) is 19.9 Å². The van der Waals surface area contributed by atoms with Crippen LogP contribution in [0.15, 0.2) is 48.8 Å². The Morgan fingerprint density at radius 1 is 1.08 bits per heavy atom. The molecule has 7 heteroatoms. The van der Waals surface area contributed by atoms with Crippen LogP contribution in [0.4, 0.5) is 0 Å². The third-order valence-electron chi connectivity index (χ3n) is 3.85. The first-order chi connectivity index (χ1) is 12.7. The molecule has 136 valence electrons. The number of nitrogens with one attached hydrogen (secondary N) is 1. The lowest BCUT2D eigenvalue weighted by Gasteiger charge is -2.10. The van der Waals surface area contributed by atoms with Gasteiger partial charge < -0.3 is 23.9 Å². The Balaban J connectivity index is 1.49. The van der Waals surface area contributed by atoms with Crippen molar-refractivity contribution in [2.45, 2.75) is 6.42 Å². The van der Waals surface area contributed by atoms with E-state index >= 15 is 0 Å². The van der Waals surface area contributed by atoms with Crippen LogP contribution in [0.1, 0.15) is 5.69 Å². The molecule has 3 rings (SSSR count). The minimum Gasteiger partial charge on any atom is -0.493 e. The third-order valence-corrected chi connectivity index (χ3v) is 3.85. The molecule has 0 bridgehead atoms. The Morgan fingerprint density at radius 2 is 1.81 bits per heavy atom. The Morgan fingerprint density at radius 3 is 2.58 bits per heavy atom. The first kappa shape index (κ1) is 17.6. The van der Waals surface area contributed by atoms with E-state index in [-0.39, 0.29) is 12.5 Å². The molecular weight excluding hydrogens is 334 g/mol. The Hall–Kier alpha value is -3.22. The fourth-order valence-electron chi connectivity index (χ4n) is 2.58. The van der Waals surface area contributed by atoms with Crippen LogP contribution in [0.25, 0.3) is 5.65 Å². The van der Waals surface area contributed by atoms with Crippen molar-refractivity contribution in [1.82, 2.24) is 14.7 Å². The topological polar surface area (TPSA) is 74.1 Å². The maximum Gasteiger partial charge on any atom is 0.257 e. The van der Waals surface area contributed by atoms with E-state index in [1.54, 1.807) is 26.4 Å². The first-order valence-electron chi connectivity index (χ1n) is 8.24. The second-order valence-electron chi connectivity index (χ2n) is 5.58. The fraction of sp³-hybridized carbons (Fsp3) is 0.263. The summed E-state index contributed by atoms with van der Waals surface area (Å²) in [5.74, 6) is 1.65. The van der Waals surface area contributed by atoms with Gasteiger partial charge in [-0.3, -0.25) is 4.79 Å². The van der Waals surface area contributed by atoms with Gasteiger partial charge in [0.1, 0.15) is 0 Å². The van der Waals surface area contributed by atoms with Crippen molar-refractivity contribution in [3.63, 3.8) is 0 Å². The monoisotopic (exact) mass is 355 g/mol. The van der Waals surface area contributed by atoms with Crippen LogP contribution < -0.4 is 19.5 Å². The van der Waals surface area contributed by atoms with E-state index in [1.807, 2.05) is 41.1 Å². The zero-order chi connectivity index (χ0) is 18.4. The number of carbonyl (C=O) groups is 1. The molecule has 0 unspecified atom stereocenters. The number of amides is 1. The van der Waals surface area contributed by atoms with Crippen LogP contribution in [0.2, 0.25) is 0 Å². The van der Waals surface area contributed by atoms with Gasteiger partial charge in [-0.15, -0.1) is 0 Å². The molecule has 0 aliphatic rings. The highest BCUT2D eigenvalue weighted by Gasteiger charge is 2.09. The molecule has 1 aromatic carbocycles. The van der Waals surface area contributed by atoms with Gasteiger partial charge in [0.15, 0.2) is 29.5 Å². The third kappa shape index (κ3) is 4.05. The van der Waals surface area contributed by atoms with Gasteiger partial charge in [-0.25, -0.2) is 4.98 Å². The number of hydrogen-bond acceptors (Lipinski definition) is 5. The van der Waals surface area contributed by atoms with Crippen molar-refractivity contribution in [1.29, 1.82) is 0 Å². The highest BCUT2D eigenvalue weighted by molar-refractivity contribution is 5.77. The summed E-state index contributed by atoms with van der Waals surface area (Å²) in [7, 11) is 3.18. The first-order valence-corrected chi connectivity index (χ1v) is 8.24. The molecule has 2 heterocycles. The van der Waals surface area contributed by atoms with Crippen LogP contribution in [0.5, 0.6) is 17.2 Å². The molecule has 0 aliphatic carbocycles. The van der Waals surface area contributed by atoms with Crippen molar-refractivity contribution in [2.24, 2.45) is 0 Å². The average molecular weight is 355 g/mol. The van der Waals surface area contributed by atoms with E-state index in [1.165, 1.54) is 0 Å². The average Bonchev–Trinajstić information content (AvgIpc) is 3.09. The van der Waals surface area contributed by atoms with Crippen LogP contribution in [0.3, 0.4) is 0 Å². The summed E-state index contributed by atoms with van der Waals surface area (Å²) in [4.78, 5) is 16.5. The zero-order valence-corrected chi connectivity index (χ0v) is 14.8. The Kier molecular flexibility index (Phi) is 5.58. The summed E-state index contributed by atoms with van der Waals surface area (Å²) in [6.45, 7) is 0.402. The van der Waals surface area contributed by atoms with Crippen molar-refractivity contribution >= 4 is 11.6 Å². The molecule has 7 nitrogen and oxygen atoms in total. The SMILES string of the molecule is COc1ccccc1OCC(=O)NCCc1cn2cccc(OC)c2n1. The predicted molar refractivity (Wildman–Crippen MR) is 96.9 cm³/mol. The van der Waals surface area contributed by atoms with Crippen LogP contribution >= 0.6 is 0 Å². The van der Waals surface area contributed by atoms with E-state index < -0.39 is 0 Å². The maximum absolute atomic E-state index is 12.0. The number of ether oxygens (including phenoxy) is 3. The number of carbonyl (C=O) groups excluding carboxylic acids is 1. The number of benzene rings is 1. The zero-order valence-electron chi connectivity index (χ0n) is 14.8. The number of hydrogen-bond donors (Lipinski definition) is 1. The van der Waals surface area contributed by atoms with E-state index in [9.17, 15) is 4.79 Å². The van der Waals surface area contributed by atoms with Crippen LogP contribution in [-0.4, -0.2) is 42.7 Å². The molecule has 3 aromatic rings. The lowest BCUT2D eigenvalue weighted by Crippen LogP contribution is -2.30. The molecule has 0 saturated heterocycles. The van der Waals surface area contributed by atoms with Gasteiger partial charge in [-0.2, -0.15) is 0 Å². The van der Waals surface area contributed by atoms with Gasteiger partial charge >= 0.3 is 0 Å². The number of pyridine rings is 1. The van der Waals surface area contributed by atoms with Crippen molar-refractivity contribution in [2.75, 3.05) is 27.4 Å². The number of fused-ring (bicyclic) bond motifs is 1. The standard InChI is InChI=1S/C19H21N3O4/c1-24-15-6-3-4-7-16(15)26-13-18(23)20-10-9-14-12-22-11-5-8-17(25-2)19(22)21-14/h3-8,11-12H,9-10,13H2,1-2H3,(H,20,23). The number of rotatable bonds is 8. The highest BCUT2D eigenvalue weighted by atomic mass is 16.5. The van der Waals surface area contributed by atoms with Gasteiger partial charge in [-0.1, -0.05) is 12.1 Å². The van der Waals surface area contributed by atoms with E-state index in [4.69, 9.17) is 14.2 Å². The molecule has 2 aromatic heterocycles. The summed E-state index contributed by atoms with van der Waals surface area (Å²) >= 11 is 0. The van der Waals surface area contributed by atoms with E-state index in [0.29, 0.717) is 30.2 Å². The molecule has 0 radical (unpaired) electrons. The normalized spacial score (nSPS) is 10.5. The minimum absolute atomic E-state index is 0.0701. The summed E-state index contributed by atoms with van der Waals surface area (Å²) < 4.78 is 17.9. The molecule has 1 amide bonds. The number of imidazole rings is 1. The minimum atomic E-state index is -0.197. The second-order valence-corrected chi connectivity index (χ2v) is 5.58. The molecule has 0 saturated carbocycles. The maximum atomic E-state index is 12.0. The van der Waals surface area contributed by atoms with Gasteiger partial charge in [0.2, 0.25) is 0 Å². The van der Waals surface area contributed by atoms with Crippen LogP contribution in [-0.2, 0) is 11.2 Å². The van der Waals surface area contributed by atoms with E-state index in [0.717, 1.165) is 11.3 Å². The molecule has 0 fully saturated rings. The molecule has 0 atom stereocenters. The number of aromatic nitrogens is 2. The molecule has 1 N–H and O–H groups in total. The summed E-state index contributed by atoms with van der Waals surface area (Å²) in [6, 6.07) is 11.0. The van der Waals surface area contributed by atoms with Crippen molar-refractivity contribution in [3.05, 3.63) is 54.5 Å². The molecule has 0 aliphatic heterocycles. The number of para-hydroxylation sites is 2. The smallest absolute Gasteiger partial charge is 0.257 e. The fourth-order valence-corrected chi connectivity index (χ4v) is 2.58. The quantitative estimate of drug-likeness (QED) is 0.670. The van der Waals surface area contributed by atoms with Gasteiger partial charge in [0, 0.05) is 25.4 Å². The number of methoxy groups -OCH3 is 2. The Bertz CT molecular complexity index is 891. The van der Waals surface area contributed by atoms with E-state index in [2.05, 4.69) is 10.3 Å². The lowest BCUT2D eigenvalue weighted by atomic mass is 10.3. The predicted octanol–water partition coefficient (Wildman–Crippen LogP) is 2.09. The molecule has 0 spiro atoms. The molecule has 26 heavy (non-hydrogen) atoms. The molecular formula is C19H21N3O4. The summed E-state index contributed by atoms with van der Waals surface area (Å²) in [5, 5.41) is 2.83. The van der Waals surface area contributed by atoms with Crippen molar-refractivity contribution in [3.8, 4) is 17.2 Å². The van der Waals surface area contributed by atoms with Crippen LogP contribution in [0, 0.1) is 0 Å². The Labute approximate surface area is 151 Å². The van der Waals surface area contributed by atoms with Gasteiger partial charge in [0.25, 0.3) is 5.91 Å². The summed E-state index contributed by atoms with van der Waals surface area (Å²) in [6.07, 6.45) is 4.45. The largest absolute Gasteiger partial charge is 0.493 e. The van der Waals surface area contributed by atoms with Gasteiger partial charge in [-0.05, 0) is 24.3 Å². The highest BCUT2D eigenvalue weighted by Crippen LogP contribution is 2.25.